The van der Waals surface area contributed by atoms with Crippen molar-refractivity contribution in [2.24, 2.45) is 0 Å². The molecule has 0 spiro atoms. The van der Waals surface area contributed by atoms with Gasteiger partial charge in [0.1, 0.15) is 0 Å². The molecule has 0 atom stereocenters. The molecular formula is C7H16ClMgOSi. The van der Waals surface area contributed by atoms with Crippen LogP contribution in [0.15, 0.2) is 0 Å². The van der Waals surface area contributed by atoms with Crippen molar-refractivity contribution in [3.63, 3.8) is 0 Å². The first kappa shape index (κ1) is 18.1. The number of hydrogen-bond donors (Lipinski definition) is 0. The molecule has 0 heterocycles. The van der Waals surface area contributed by atoms with Crippen LogP contribution in [-0.2, 0) is 4.43 Å². The molecule has 0 aliphatic carbocycles. The van der Waals surface area contributed by atoms with Crippen LogP contribution in [0.25, 0.3) is 0 Å². The van der Waals surface area contributed by atoms with Crippen LogP contribution in [0.5, 0.6) is 0 Å². The van der Waals surface area contributed by atoms with E-state index in [-0.39, 0.29) is 35.5 Å². The maximum absolute atomic E-state index is 5.44. The Hall–Kier alpha value is 1.23. The van der Waals surface area contributed by atoms with E-state index in [1.54, 1.807) is 0 Å². The smallest absolute Gasteiger partial charge is 1.00 e. The molecule has 0 unspecified atom stereocenters. The average molecular weight is 204 g/mol. The van der Waals surface area contributed by atoms with E-state index in [0.717, 1.165) is 13.0 Å². The summed E-state index contributed by atoms with van der Waals surface area (Å²) < 4.78 is 5.44. The summed E-state index contributed by atoms with van der Waals surface area (Å²) in [5, 5.41) is 0. The molecule has 0 bridgehead atoms. The van der Waals surface area contributed by atoms with E-state index in [9.17, 15) is 0 Å². The van der Waals surface area contributed by atoms with Crippen LogP contribution in [-0.4, -0.2) is 38.7 Å². The Balaban J connectivity index is -0.000000320. The summed E-state index contributed by atoms with van der Waals surface area (Å²) in [5.74, 6) is 0. The fourth-order valence-electron chi connectivity index (χ4n) is 0.400. The van der Waals surface area contributed by atoms with Crippen molar-refractivity contribution in [1.29, 1.82) is 0 Å². The van der Waals surface area contributed by atoms with Gasteiger partial charge in [-0.3, -0.25) is 0 Å². The molecular weight excluding hydrogens is 188 g/mol. The SMILES string of the molecule is [CH2-][Si](OCCC)C(C)C.[Cl-].[Mg+2]. The molecule has 0 saturated carbocycles. The van der Waals surface area contributed by atoms with Crippen LogP contribution >= 0.6 is 0 Å². The molecule has 1 radical (unpaired) electrons. The molecule has 1 nitrogen and oxygen atoms in total. The minimum atomic E-state index is -0.719. The van der Waals surface area contributed by atoms with E-state index in [1.807, 2.05) is 0 Å². The van der Waals surface area contributed by atoms with E-state index in [1.165, 1.54) is 0 Å². The molecule has 0 fully saturated rings. The first-order valence-electron chi connectivity index (χ1n) is 3.50. The van der Waals surface area contributed by atoms with Gasteiger partial charge in [-0.1, -0.05) is 26.3 Å². The van der Waals surface area contributed by atoms with Crippen LogP contribution in [0.2, 0.25) is 5.54 Å². The summed E-state index contributed by atoms with van der Waals surface area (Å²) in [5.41, 5.74) is 0.640. The van der Waals surface area contributed by atoms with Crippen molar-refractivity contribution in [2.75, 3.05) is 6.61 Å². The molecule has 11 heavy (non-hydrogen) atoms. The van der Waals surface area contributed by atoms with E-state index in [0.29, 0.717) is 5.54 Å². The van der Waals surface area contributed by atoms with Crippen LogP contribution < -0.4 is 12.4 Å². The summed E-state index contributed by atoms with van der Waals surface area (Å²) in [4.78, 5) is 0. The third-order valence-electron chi connectivity index (χ3n) is 1.14. The van der Waals surface area contributed by atoms with E-state index in [2.05, 4.69) is 27.3 Å². The Kier molecular flexibility index (Phi) is 18.5. The molecule has 0 N–H and O–H groups in total. The van der Waals surface area contributed by atoms with Gasteiger partial charge in [0.25, 0.3) is 0 Å². The topological polar surface area (TPSA) is 9.23 Å². The Morgan fingerprint density at radius 1 is 1.45 bits per heavy atom. The fourth-order valence-corrected chi connectivity index (χ4v) is 1.20. The van der Waals surface area contributed by atoms with E-state index < -0.39 is 9.04 Å². The minimum Gasteiger partial charge on any atom is -1.00 e. The largest absolute Gasteiger partial charge is 2.00 e. The molecule has 0 amide bonds. The third kappa shape index (κ3) is 11.2. The van der Waals surface area contributed by atoms with Crippen molar-refractivity contribution in [3.8, 4) is 0 Å². The number of hydrogen-bond acceptors (Lipinski definition) is 1. The second-order valence-electron chi connectivity index (χ2n) is 2.47. The Morgan fingerprint density at radius 3 is 2.18 bits per heavy atom. The van der Waals surface area contributed by atoms with Gasteiger partial charge in [0, 0.05) is 15.6 Å². The third-order valence-corrected chi connectivity index (χ3v) is 3.00. The van der Waals surface area contributed by atoms with Crippen LogP contribution in [0.4, 0.5) is 0 Å². The normalized spacial score (nSPS) is 9.27. The summed E-state index contributed by atoms with van der Waals surface area (Å²) in [6, 6.07) is 0. The van der Waals surface area contributed by atoms with Crippen LogP contribution in [0, 0.1) is 6.55 Å². The van der Waals surface area contributed by atoms with Gasteiger partial charge in [-0.2, -0.15) is 0 Å². The Bertz CT molecular complexity index is 73.5. The molecule has 0 saturated heterocycles. The quantitative estimate of drug-likeness (QED) is 0.413. The second kappa shape index (κ2) is 11.2. The molecule has 0 aliphatic heterocycles. The second-order valence-corrected chi connectivity index (χ2v) is 4.85. The summed E-state index contributed by atoms with van der Waals surface area (Å²) in [7, 11) is -0.719. The van der Waals surface area contributed by atoms with Gasteiger partial charge in [-0.05, 0) is 6.42 Å². The van der Waals surface area contributed by atoms with Crippen LogP contribution in [0.1, 0.15) is 27.2 Å². The fraction of sp³-hybridized carbons (Fsp3) is 0.857. The van der Waals surface area contributed by atoms with Gasteiger partial charge in [0.15, 0.2) is 0 Å². The molecule has 0 aromatic rings. The van der Waals surface area contributed by atoms with E-state index in [4.69, 9.17) is 4.43 Å². The monoisotopic (exact) mass is 203 g/mol. The average Bonchev–Trinajstić information content (AvgIpc) is 1.82. The maximum atomic E-state index is 5.44. The minimum absolute atomic E-state index is 0. The van der Waals surface area contributed by atoms with Crippen molar-refractivity contribution in [2.45, 2.75) is 32.7 Å². The van der Waals surface area contributed by atoms with Crippen molar-refractivity contribution in [3.05, 3.63) is 6.55 Å². The number of rotatable bonds is 4. The summed E-state index contributed by atoms with van der Waals surface area (Å²) in [6.45, 7) is 11.3. The van der Waals surface area contributed by atoms with Gasteiger partial charge in [0.2, 0.25) is 0 Å². The zero-order valence-corrected chi connectivity index (χ0v) is 10.9. The Morgan fingerprint density at radius 2 is 1.91 bits per heavy atom. The first-order chi connectivity index (χ1) is 4.18. The zero-order valence-electron chi connectivity index (χ0n) is 7.69. The van der Waals surface area contributed by atoms with Crippen molar-refractivity contribution < 1.29 is 16.8 Å². The predicted octanol–water partition coefficient (Wildman–Crippen LogP) is -1.19. The zero-order chi connectivity index (χ0) is 7.28. The summed E-state index contributed by atoms with van der Waals surface area (Å²) in [6.07, 6.45) is 1.11. The van der Waals surface area contributed by atoms with E-state index >= 15 is 0 Å². The van der Waals surface area contributed by atoms with Crippen molar-refractivity contribution >= 4 is 32.1 Å². The predicted molar refractivity (Wildman–Crippen MR) is 48.2 cm³/mol. The number of halogens is 1. The van der Waals surface area contributed by atoms with Gasteiger partial charge >= 0.3 is 23.1 Å². The molecule has 0 aliphatic rings. The molecule has 63 valence electrons. The van der Waals surface area contributed by atoms with Gasteiger partial charge in [0.05, 0.1) is 0 Å². The molecule has 0 aromatic carbocycles. The molecule has 4 heteroatoms. The first-order valence-corrected chi connectivity index (χ1v) is 5.19. The standard InChI is InChI=1S/C7H16OSi.ClH.Mg/c1-5-6-8-9(4)7(2)3;;/h7H,4-6H2,1-3H3;1H;/q-1;;+2/p-1. The molecule has 0 aromatic heterocycles. The molecule has 0 rings (SSSR count). The maximum Gasteiger partial charge on any atom is 2.00 e. The van der Waals surface area contributed by atoms with Crippen LogP contribution in [0.3, 0.4) is 0 Å². The van der Waals surface area contributed by atoms with Crippen molar-refractivity contribution in [1.82, 2.24) is 0 Å². The summed E-state index contributed by atoms with van der Waals surface area (Å²) >= 11 is 0. The Labute approximate surface area is 94.6 Å². The van der Waals surface area contributed by atoms with Gasteiger partial charge < -0.3 is 23.4 Å². The van der Waals surface area contributed by atoms with Gasteiger partial charge in [-0.25, -0.2) is 0 Å². The van der Waals surface area contributed by atoms with Gasteiger partial charge in [-0.15, -0.1) is 0 Å².